The molecule has 0 saturated carbocycles. The second-order valence-corrected chi connectivity index (χ2v) is 16.5. The maximum absolute atomic E-state index is 12.8. The van der Waals surface area contributed by atoms with Gasteiger partial charge in [-0.05, 0) is 81.1 Å². The van der Waals surface area contributed by atoms with Gasteiger partial charge in [0.1, 0.15) is 0 Å². The summed E-state index contributed by atoms with van der Waals surface area (Å²) < 4.78 is 54.4. The second-order valence-electron chi connectivity index (χ2n) is 12.7. The van der Waals surface area contributed by atoms with E-state index in [1.807, 2.05) is 0 Å². The molecule has 0 aromatic rings. The summed E-state index contributed by atoms with van der Waals surface area (Å²) in [5, 5.41) is 7.18. The van der Waals surface area contributed by atoms with Crippen molar-refractivity contribution in [1.29, 1.82) is 0 Å². The molecule has 2 aliphatic rings. The second kappa shape index (κ2) is 8.75. The fourth-order valence-electron chi connectivity index (χ4n) is 6.38. The summed E-state index contributed by atoms with van der Waals surface area (Å²) in [5.74, 6) is 0. The van der Waals surface area contributed by atoms with Crippen LogP contribution in [0.4, 0.5) is 0 Å². The van der Waals surface area contributed by atoms with Crippen LogP contribution in [0.2, 0.25) is 0 Å². The van der Waals surface area contributed by atoms with E-state index in [1.54, 1.807) is 0 Å². The highest BCUT2D eigenvalue weighted by molar-refractivity contribution is 7.88. The molecular weight excluding hydrogens is 448 g/mol. The average molecular weight is 495 g/mol. The van der Waals surface area contributed by atoms with Crippen molar-refractivity contribution in [3.05, 3.63) is 0 Å². The predicted molar refractivity (Wildman–Crippen MR) is 132 cm³/mol. The zero-order valence-electron chi connectivity index (χ0n) is 21.7. The quantitative estimate of drug-likeness (QED) is 0.563. The van der Waals surface area contributed by atoms with Crippen LogP contribution in [0.3, 0.4) is 0 Å². The highest BCUT2D eigenvalue weighted by Crippen LogP contribution is 2.34. The molecule has 0 amide bonds. The minimum atomic E-state index is -3.51. The molecule has 0 unspecified atom stereocenters. The summed E-state index contributed by atoms with van der Waals surface area (Å²) in [5.41, 5.74) is -0.853. The standard InChI is InChI=1S/C22H46N4O4S2/c1-19(2)13-17(14-20(3,4)23-19)25(31(9,27)28)11-12-26(32(10,29)30)18-15-21(5,6)24-22(7,8)16-18/h17-18,23-24H,11-16H2,1-10H3. The Morgan fingerprint density at radius 2 is 0.812 bits per heavy atom. The first-order valence-electron chi connectivity index (χ1n) is 11.5. The fraction of sp³-hybridized carbons (Fsp3) is 1.00. The van der Waals surface area contributed by atoms with Crippen LogP contribution in [-0.4, -0.2) is 85.3 Å². The Morgan fingerprint density at radius 1 is 0.594 bits per heavy atom. The number of rotatable bonds is 7. The van der Waals surface area contributed by atoms with Crippen molar-refractivity contribution < 1.29 is 16.8 Å². The van der Waals surface area contributed by atoms with Crippen molar-refractivity contribution in [3.63, 3.8) is 0 Å². The van der Waals surface area contributed by atoms with Crippen LogP contribution in [-0.2, 0) is 20.0 Å². The monoisotopic (exact) mass is 494 g/mol. The van der Waals surface area contributed by atoms with E-state index in [0.717, 1.165) is 0 Å². The lowest BCUT2D eigenvalue weighted by Gasteiger charge is -2.50. The predicted octanol–water partition coefficient (Wildman–Crippen LogP) is 2.13. The van der Waals surface area contributed by atoms with E-state index in [2.05, 4.69) is 66.0 Å². The molecule has 32 heavy (non-hydrogen) atoms. The van der Waals surface area contributed by atoms with Crippen LogP contribution in [0.5, 0.6) is 0 Å². The summed E-state index contributed by atoms with van der Waals surface area (Å²) >= 11 is 0. The van der Waals surface area contributed by atoms with E-state index >= 15 is 0 Å². The molecule has 2 rings (SSSR count). The molecule has 0 aromatic heterocycles. The smallest absolute Gasteiger partial charge is 0.211 e. The molecule has 2 fully saturated rings. The van der Waals surface area contributed by atoms with Crippen LogP contribution in [0.1, 0.15) is 81.1 Å². The number of nitrogens with one attached hydrogen (secondary N) is 2. The molecule has 0 radical (unpaired) electrons. The summed E-state index contributed by atoms with van der Waals surface area (Å²) in [6, 6.07) is -0.364. The first-order valence-corrected chi connectivity index (χ1v) is 15.2. The first-order chi connectivity index (χ1) is 14.0. The lowest BCUT2D eigenvalue weighted by atomic mass is 9.79. The van der Waals surface area contributed by atoms with E-state index in [0.29, 0.717) is 25.7 Å². The van der Waals surface area contributed by atoms with Gasteiger partial charge < -0.3 is 10.6 Å². The molecule has 2 saturated heterocycles. The SMILES string of the molecule is CC1(C)CC(N(CCN(C2CC(C)(C)NC(C)(C)C2)S(C)(=O)=O)S(C)(=O)=O)CC(C)(C)N1. The highest BCUT2D eigenvalue weighted by Gasteiger charge is 2.45. The zero-order valence-corrected chi connectivity index (χ0v) is 23.4. The van der Waals surface area contributed by atoms with Gasteiger partial charge >= 0.3 is 0 Å². The zero-order chi connectivity index (χ0) is 25.0. The number of hydrogen-bond donors (Lipinski definition) is 2. The first kappa shape index (κ1) is 28.0. The van der Waals surface area contributed by atoms with Crippen molar-refractivity contribution in [2.75, 3.05) is 25.6 Å². The lowest BCUT2D eigenvalue weighted by molar-refractivity contribution is 0.0900. The van der Waals surface area contributed by atoms with Crippen molar-refractivity contribution in [3.8, 4) is 0 Å². The Labute approximate surface area is 197 Å². The van der Waals surface area contributed by atoms with E-state index in [4.69, 9.17) is 0 Å². The summed E-state index contributed by atoms with van der Waals surface area (Å²) in [6.07, 6.45) is 5.17. The molecule has 0 spiro atoms. The number of hydrogen-bond acceptors (Lipinski definition) is 6. The normalized spacial score (nSPS) is 26.5. The van der Waals surface area contributed by atoms with Gasteiger partial charge in [0.25, 0.3) is 0 Å². The van der Waals surface area contributed by atoms with Crippen molar-refractivity contribution in [1.82, 2.24) is 19.2 Å². The number of sulfonamides is 2. The van der Waals surface area contributed by atoms with E-state index in [-0.39, 0.29) is 47.3 Å². The van der Waals surface area contributed by atoms with Gasteiger partial charge in [0.05, 0.1) is 12.5 Å². The molecule has 2 heterocycles. The van der Waals surface area contributed by atoms with Crippen LogP contribution in [0, 0.1) is 0 Å². The van der Waals surface area contributed by atoms with Crippen LogP contribution >= 0.6 is 0 Å². The molecule has 10 heteroatoms. The minimum Gasteiger partial charge on any atom is -0.307 e. The van der Waals surface area contributed by atoms with E-state index in [1.165, 1.54) is 21.1 Å². The van der Waals surface area contributed by atoms with Crippen LogP contribution < -0.4 is 10.6 Å². The van der Waals surface area contributed by atoms with Gasteiger partial charge in [-0.25, -0.2) is 16.8 Å². The topological polar surface area (TPSA) is 98.8 Å². The number of piperidine rings is 2. The fourth-order valence-corrected chi connectivity index (χ4v) is 8.59. The lowest BCUT2D eigenvalue weighted by Crippen LogP contribution is -2.64. The molecule has 2 N–H and O–H groups in total. The Morgan fingerprint density at radius 3 is 1.00 bits per heavy atom. The van der Waals surface area contributed by atoms with Crippen molar-refractivity contribution in [2.24, 2.45) is 0 Å². The Hall–Kier alpha value is -0.260. The summed E-state index contributed by atoms with van der Waals surface area (Å²) in [7, 11) is -7.02. The van der Waals surface area contributed by atoms with E-state index in [9.17, 15) is 16.8 Å². The Bertz CT molecular complexity index is 789. The molecule has 190 valence electrons. The molecule has 0 aliphatic carbocycles. The van der Waals surface area contributed by atoms with Gasteiger partial charge in [0.2, 0.25) is 20.0 Å². The molecule has 0 aromatic carbocycles. The highest BCUT2D eigenvalue weighted by atomic mass is 32.2. The third-order valence-corrected chi connectivity index (χ3v) is 9.21. The van der Waals surface area contributed by atoms with Crippen LogP contribution in [0.15, 0.2) is 0 Å². The van der Waals surface area contributed by atoms with Gasteiger partial charge in [-0.3, -0.25) is 0 Å². The number of nitrogens with zero attached hydrogens (tertiary/aromatic N) is 2. The average Bonchev–Trinajstić information content (AvgIpc) is 2.41. The molecule has 8 nitrogen and oxygen atoms in total. The van der Waals surface area contributed by atoms with Gasteiger partial charge in [-0.2, -0.15) is 8.61 Å². The van der Waals surface area contributed by atoms with Crippen LogP contribution in [0.25, 0.3) is 0 Å². The third kappa shape index (κ3) is 7.63. The van der Waals surface area contributed by atoms with Gasteiger partial charge in [0.15, 0.2) is 0 Å². The van der Waals surface area contributed by atoms with Crippen molar-refractivity contribution >= 4 is 20.0 Å². The van der Waals surface area contributed by atoms with Crippen molar-refractivity contribution in [2.45, 2.75) is 115 Å². The molecule has 2 aliphatic heterocycles. The van der Waals surface area contributed by atoms with Gasteiger partial charge in [-0.1, -0.05) is 0 Å². The minimum absolute atomic E-state index is 0.160. The third-order valence-electron chi connectivity index (χ3n) is 6.54. The van der Waals surface area contributed by atoms with Gasteiger partial charge in [0, 0.05) is 47.3 Å². The van der Waals surface area contributed by atoms with E-state index < -0.39 is 20.0 Å². The Balaban J connectivity index is 2.31. The molecule has 0 bridgehead atoms. The van der Waals surface area contributed by atoms with Gasteiger partial charge in [-0.15, -0.1) is 0 Å². The maximum Gasteiger partial charge on any atom is 0.211 e. The maximum atomic E-state index is 12.8. The Kier molecular flexibility index (Phi) is 7.65. The summed E-state index contributed by atoms with van der Waals surface area (Å²) in [6.45, 7) is 17.0. The largest absolute Gasteiger partial charge is 0.307 e. The summed E-state index contributed by atoms with van der Waals surface area (Å²) in [4.78, 5) is 0. The molecule has 0 atom stereocenters. The molecular formula is C22H46N4O4S2.